The number of benzene rings is 1. The molecule has 0 amide bonds. The minimum Gasteiger partial charge on any atom is -0.379 e. The number of hydrogen-bond acceptors (Lipinski definition) is 4. The number of hydrogen-bond donors (Lipinski definition) is 2. The van der Waals surface area contributed by atoms with E-state index in [0.29, 0.717) is 6.54 Å². The van der Waals surface area contributed by atoms with E-state index in [9.17, 15) is 14.5 Å². The molecule has 0 aliphatic heterocycles. The first-order valence-corrected chi connectivity index (χ1v) is 7.43. The number of rotatable bonds is 6. The Labute approximate surface area is 134 Å². The first-order valence-electron chi connectivity index (χ1n) is 6.35. The van der Waals surface area contributed by atoms with Crippen molar-refractivity contribution in [3.8, 4) is 0 Å². The molecule has 8 heteroatoms. The lowest BCUT2D eigenvalue weighted by Crippen LogP contribution is -2.06. The molecule has 0 unspecified atom stereocenters. The predicted octanol–water partition coefficient (Wildman–Crippen LogP) is 3.41. The van der Waals surface area contributed by atoms with Crippen molar-refractivity contribution in [2.45, 2.75) is 19.8 Å². The van der Waals surface area contributed by atoms with Crippen LogP contribution in [0.5, 0.6) is 0 Å². The van der Waals surface area contributed by atoms with E-state index in [0.717, 1.165) is 24.1 Å². The fraction of sp³-hybridized carbons (Fsp3) is 0.308. The van der Waals surface area contributed by atoms with Gasteiger partial charge in [0.15, 0.2) is 0 Å². The standard InChI is InChI=1S/C13H14FIN4O2/c1-8-9(7-17-18-8)3-2-4-16-12-5-10(14)11(15)6-13(12)19(20)21/h5-7,16H,2-4H2,1H3,(H,17,18). The zero-order valence-electron chi connectivity index (χ0n) is 11.3. The molecule has 0 atom stereocenters. The zero-order chi connectivity index (χ0) is 15.4. The molecule has 0 saturated carbocycles. The smallest absolute Gasteiger partial charge is 0.293 e. The number of nitro benzene ring substituents is 1. The fourth-order valence-electron chi connectivity index (χ4n) is 1.96. The van der Waals surface area contributed by atoms with Gasteiger partial charge in [-0.25, -0.2) is 4.39 Å². The SMILES string of the molecule is Cc1[nH]ncc1CCCNc1cc(F)c(I)cc1[N+](=O)[O-]. The monoisotopic (exact) mass is 404 g/mol. The maximum Gasteiger partial charge on any atom is 0.293 e. The summed E-state index contributed by atoms with van der Waals surface area (Å²) in [5.74, 6) is -0.464. The van der Waals surface area contributed by atoms with Crippen LogP contribution in [0.25, 0.3) is 0 Å². The molecule has 2 N–H and O–H groups in total. The highest BCUT2D eigenvalue weighted by molar-refractivity contribution is 14.1. The number of nitrogens with one attached hydrogen (secondary N) is 2. The molecule has 1 aromatic carbocycles. The second kappa shape index (κ2) is 6.83. The van der Waals surface area contributed by atoms with Crippen LogP contribution in [0.2, 0.25) is 0 Å². The Morgan fingerprint density at radius 3 is 2.90 bits per heavy atom. The molecule has 0 spiro atoms. The summed E-state index contributed by atoms with van der Waals surface area (Å²) in [7, 11) is 0. The maximum absolute atomic E-state index is 13.5. The van der Waals surface area contributed by atoms with Crippen LogP contribution in [-0.4, -0.2) is 21.7 Å². The number of nitrogens with zero attached hydrogens (tertiary/aromatic N) is 2. The Morgan fingerprint density at radius 2 is 2.29 bits per heavy atom. The van der Waals surface area contributed by atoms with Gasteiger partial charge in [-0.1, -0.05) is 0 Å². The molecule has 0 aliphatic rings. The highest BCUT2D eigenvalue weighted by Crippen LogP contribution is 2.28. The molecule has 1 aromatic heterocycles. The van der Waals surface area contributed by atoms with Crippen molar-refractivity contribution in [3.63, 3.8) is 0 Å². The highest BCUT2D eigenvalue weighted by atomic mass is 127. The van der Waals surface area contributed by atoms with Gasteiger partial charge in [-0.3, -0.25) is 15.2 Å². The van der Waals surface area contributed by atoms with Crippen molar-refractivity contribution in [1.82, 2.24) is 10.2 Å². The summed E-state index contributed by atoms with van der Waals surface area (Å²) >= 11 is 1.74. The van der Waals surface area contributed by atoms with E-state index in [1.54, 1.807) is 28.8 Å². The average Bonchev–Trinajstić information content (AvgIpc) is 2.83. The molecule has 0 fully saturated rings. The van der Waals surface area contributed by atoms with Crippen molar-refractivity contribution in [1.29, 1.82) is 0 Å². The fourth-order valence-corrected chi connectivity index (χ4v) is 2.41. The lowest BCUT2D eigenvalue weighted by atomic mass is 10.1. The van der Waals surface area contributed by atoms with Gasteiger partial charge in [0.05, 0.1) is 14.7 Å². The van der Waals surface area contributed by atoms with Gasteiger partial charge in [0.1, 0.15) is 11.5 Å². The average molecular weight is 404 g/mol. The second-order valence-electron chi connectivity index (χ2n) is 4.59. The summed E-state index contributed by atoms with van der Waals surface area (Å²) in [5, 5.41) is 20.7. The van der Waals surface area contributed by atoms with Gasteiger partial charge in [-0.05, 0) is 47.9 Å². The minimum atomic E-state index is -0.510. The zero-order valence-corrected chi connectivity index (χ0v) is 13.5. The molecular formula is C13H14FIN4O2. The largest absolute Gasteiger partial charge is 0.379 e. The molecule has 0 bridgehead atoms. The van der Waals surface area contributed by atoms with Crippen molar-refractivity contribution in [3.05, 3.63) is 49.1 Å². The van der Waals surface area contributed by atoms with Gasteiger partial charge < -0.3 is 5.32 Å². The van der Waals surface area contributed by atoms with E-state index >= 15 is 0 Å². The van der Waals surface area contributed by atoms with E-state index in [-0.39, 0.29) is 14.9 Å². The van der Waals surface area contributed by atoms with Crippen LogP contribution in [0.4, 0.5) is 15.8 Å². The van der Waals surface area contributed by atoms with E-state index in [2.05, 4.69) is 15.5 Å². The van der Waals surface area contributed by atoms with Crippen LogP contribution in [0.15, 0.2) is 18.3 Å². The Balaban J connectivity index is 1.98. The molecule has 6 nitrogen and oxygen atoms in total. The van der Waals surface area contributed by atoms with Gasteiger partial charge in [0, 0.05) is 24.4 Å². The third kappa shape index (κ3) is 3.90. The van der Waals surface area contributed by atoms with Crippen LogP contribution in [0, 0.1) is 26.4 Å². The summed E-state index contributed by atoms with van der Waals surface area (Å²) in [4.78, 5) is 10.5. The lowest BCUT2D eigenvalue weighted by Gasteiger charge is -2.08. The molecule has 2 rings (SSSR count). The molecule has 21 heavy (non-hydrogen) atoms. The van der Waals surface area contributed by atoms with Crippen molar-refractivity contribution in [2.75, 3.05) is 11.9 Å². The molecule has 112 valence electrons. The van der Waals surface area contributed by atoms with Gasteiger partial charge in [0.25, 0.3) is 5.69 Å². The minimum absolute atomic E-state index is 0.111. The van der Waals surface area contributed by atoms with Crippen molar-refractivity contribution >= 4 is 34.0 Å². The highest BCUT2D eigenvalue weighted by Gasteiger charge is 2.17. The topological polar surface area (TPSA) is 83.8 Å². The number of anilines is 1. The summed E-state index contributed by atoms with van der Waals surface area (Å²) in [6, 6.07) is 2.40. The molecule has 1 heterocycles. The molecule has 0 saturated heterocycles. The third-order valence-electron chi connectivity index (χ3n) is 3.11. The predicted molar refractivity (Wildman–Crippen MR) is 85.9 cm³/mol. The number of aryl methyl sites for hydroxylation is 2. The normalized spacial score (nSPS) is 10.6. The van der Waals surface area contributed by atoms with Crippen LogP contribution < -0.4 is 5.32 Å². The summed E-state index contributed by atoms with van der Waals surface area (Å²) in [6.07, 6.45) is 3.34. The first-order chi connectivity index (χ1) is 9.99. The summed E-state index contributed by atoms with van der Waals surface area (Å²) < 4.78 is 13.8. The van der Waals surface area contributed by atoms with E-state index in [1.165, 1.54) is 12.1 Å². The van der Waals surface area contributed by atoms with Crippen LogP contribution in [-0.2, 0) is 6.42 Å². The van der Waals surface area contributed by atoms with Crippen molar-refractivity contribution in [2.24, 2.45) is 0 Å². The van der Waals surface area contributed by atoms with E-state index in [4.69, 9.17) is 0 Å². The molecule has 0 aliphatic carbocycles. The summed E-state index contributed by atoms with van der Waals surface area (Å²) in [6.45, 7) is 2.46. The van der Waals surface area contributed by atoms with Crippen LogP contribution in [0.3, 0.4) is 0 Å². The Bertz CT molecular complexity index is 660. The maximum atomic E-state index is 13.5. The number of aromatic nitrogens is 2. The quantitative estimate of drug-likeness (QED) is 0.335. The second-order valence-corrected chi connectivity index (χ2v) is 5.75. The van der Waals surface area contributed by atoms with Crippen molar-refractivity contribution < 1.29 is 9.31 Å². The number of nitro groups is 1. The van der Waals surface area contributed by atoms with Gasteiger partial charge in [-0.2, -0.15) is 5.10 Å². The van der Waals surface area contributed by atoms with Gasteiger partial charge in [-0.15, -0.1) is 0 Å². The summed E-state index contributed by atoms with van der Waals surface area (Å²) in [5.41, 5.74) is 2.23. The van der Waals surface area contributed by atoms with Crippen LogP contribution >= 0.6 is 22.6 Å². The molecular weight excluding hydrogens is 390 g/mol. The van der Waals surface area contributed by atoms with Crippen LogP contribution in [0.1, 0.15) is 17.7 Å². The number of halogens is 2. The number of H-pyrrole nitrogens is 1. The third-order valence-corrected chi connectivity index (χ3v) is 3.93. The first kappa shape index (κ1) is 15.7. The Kier molecular flexibility index (Phi) is 5.10. The van der Waals surface area contributed by atoms with E-state index in [1.807, 2.05) is 6.92 Å². The Hall–Kier alpha value is -1.71. The van der Waals surface area contributed by atoms with Gasteiger partial charge in [0.2, 0.25) is 0 Å². The molecule has 0 radical (unpaired) electrons. The van der Waals surface area contributed by atoms with E-state index < -0.39 is 10.7 Å². The van der Waals surface area contributed by atoms with Gasteiger partial charge >= 0.3 is 0 Å². The Morgan fingerprint density at radius 1 is 1.52 bits per heavy atom. The molecule has 2 aromatic rings. The number of aromatic amines is 1. The lowest BCUT2D eigenvalue weighted by molar-refractivity contribution is -0.384.